The third kappa shape index (κ3) is 13.2. The van der Waals surface area contributed by atoms with Gasteiger partial charge in [0.1, 0.15) is 3.53 Å². The lowest BCUT2D eigenvalue weighted by Crippen LogP contribution is -2.40. The third-order valence-electron chi connectivity index (χ3n) is 6.87. The van der Waals surface area contributed by atoms with Crippen LogP contribution in [0.5, 0.6) is 0 Å². The highest BCUT2D eigenvalue weighted by Gasteiger charge is 2.44. The predicted octanol–water partition coefficient (Wildman–Crippen LogP) is 7.08. The summed E-state index contributed by atoms with van der Waals surface area (Å²) in [5.74, 6) is -0.837. The van der Waals surface area contributed by atoms with Crippen LogP contribution >= 0.6 is 35.7 Å². The second kappa shape index (κ2) is 17.2. The number of thioether (sulfide) groups is 2. The zero-order chi connectivity index (χ0) is 30.4. The van der Waals surface area contributed by atoms with Crippen molar-refractivity contribution in [2.24, 2.45) is 16.6 Å². The zero-order valence-corrected chi connectivity index (χ0v) is 27.1. The highest BCUT2D eigenvalue weighted by molar-refractivity contribution is 8.47. The van der Waals surface area contributed by atoms with Gasteiger partial charge in [-0.3, -0.25) is 9.59 Å². The molecule has 7 nitrogen and oxygen atoms in total. The second-order valence-corrected chi connectivity index (χ2v) is 15.1. The number of carbonyl (C=O) groups is 3. The van der Waals surface area contributed by atoms with E-state index in [0.717, 1.165) is 27.7 Å². The largest absolute Gasteiger partial charge is 0.481 e. The van der Waals surface area contributed by atoms with E-state index >= 15 is 0 Å². The lowest BCUT2D eigenvalue weighted by Gasteiger charge is -2.38. The summed E-state index contributed by atoms with van der Waals surface area (Å²) in [6.07, 6.45) is 5.13. The fraction of sp³-hybridized carbons (Fsp3) is 0.600. The van der Waals surface area contributed by atoms with Gasteiger partial charge >= 0.3 is 17.9 Å². The molecule has 224 valence electrons. The highest BCUT2D eigenvalue weighted by atomic mass is 32.2. The number of esters is 2. The number of thiocarbonyl (C=S) groups is 1. The van der Waals surface area contributed by atoms with E-state index in [1.807, 2.05) is 51.1 Å². The average Bonchev–Trinajstić information content (AvgIpc) is 2.84. The van der Waals surface area contributed by atoms with E-state index in [-0.39, 0.29) is 25.4 Å². The van der Waals surface area contributed by atoms with E-state index in [9.17, 15) is 19.5 Å². The molecule has 0 bridgehead atoms. The first kappa shape index (κ1) is 36.1. The minimum absolute atomic E-state index is 0.0807. The SMILES string of the molecule is CCSC(=S)SC(C)(N)CC(=O)OCCCCCCOC(=O)/C(=C/c1ccccc1)CC(C)(C)C(C)(C)C(=O)O. The Morgan fingerprint density at radius 1 is 0.950 bits per heavy atom. The number of hydrogen-bond donors (Lipinski definition) is 2. The number of hydrogen-bond acceptors (Lipinski definition) is 9. The van der Waals surface area contributed by atoms with Crippen LogP contribution in [0.25, 0.3) is 6.08 Å². The number of carboxylic acid groups (broad SMARTS) is 1. The van der Waals surface area contributed by atoms with Crippen molar-refractivity contribution in [1.82, 2.24) is 0 Å². The van der Waals surface area contributed by atoms with E-state index in [4.69, 9.17) is 27.4 Å². The van der Waals surface area contributed by atoms with Crippen LogP contribution < -0.4 is 5.73 Å². The molecule has 0 saturated carbocycles. The number of nitrogens with two attached hydrogens (primary N) is 1. The summed E-state index contributed by atoms with van der Waals surface area (Å²) in [4.78, 5) is 36.3. The quantitative estimate of drug-likeness (QED) is 0.0622. The third-order valence-corrected chi connectivity index (χ3v) is 9.38. The average molecular weight is 612 g/mol. The Hall–Kier alpha value is -1.88. The lowest BCUT2D eigenvalue weighted by molar-refractivity contribution is -0.154. The lowest BCUT2D eigenvalue weighted by atomic mass is 9.65. The molecular formula is C30H45NO6S3. The van der Waals surface area contributed by atoms with Crippen LogP contribution in [0.4, 0.5) is 0 Å². The number of carboxylic acids is 1. The van der Waals surface area contributed by atoms with E-state index < -0.39 is 27.6 Å². The Morgan fingerprint density at radius 2 is 1.52 bits per heavy atom. The number of benzene rings is 1. The molecule has 3 N–H and O–H groups in total. The summed E-state index contributed by atoms with van der Waals surface area (Å²) in [6, 6.07) is 9.44. The van der Waals surface area contributed by atoms with Crippen molar-refractivity contribution in [1.29, 1.82) is 0 Å². The molecule has 0 heterocycles. The maximum Gasteiger partial charge on any atom is 0.334 e. The Bertz CT molecular complexity index is 1020. The van der Waals surface area contributed by atoms with Crippen molar-refractivity contribution in [2.45, 2.75) is 84.9 Å². The zero-order valence-electron chi connectivity index (χ0n) is 24.6. The first-order valence-electron chi connectivity index (χ1n) is 13.6. The standard InChI is InChI=1S/C30H45NO6S3/c1-7-39-27(38)40-30(6,31)21-24(32)36-17-13-8-9-14-18-37-25(33)23(19-22-15-11-10-12-16-22)20-28(2,3)29(4,5)26(34)35/h10-12,15-16,19H,7-9,13-14,17-18,20-21,31H2,1-6H3,(H,34,35)/b23-19+. The van der Waals surface area contributed by atoms with Crippen LogP contribution in [0, 0.1) is 10.8 Å². The maximum atomic E-state index is 13.0. The topological polar surface area (TPSA) is 116 Å². The molecule has 1 aromatic rings. The molecule has 0 spiro atoms. The molecular weight excluding hydrogens is 567 g/mol. The number of rotatable bonds is 17. The molecule has 0 aliphatic heterocycles. The van der Waals surface area contributed by atoms with Crippen LogP contribution in [0.3, 0.4) is 0 Å². The van der Waals surface area contributed by atoms with Crippen LogP contribution in [0.2, 0.25) is 0 Å². The van der Waals surface area contributed by atoms with Gasteiger partial charge in [-0.05, 0) is 75.7 Å². The number of carbonyl (C=O) groups excluding carboxylic acids is 2. The van der Waals surface area contributed by atoms with Crippen molar-refractivity contribution >= 4 is 63.3 Å². The smallest absolute Gasteiger partial charge is 0.334 e. The van der Waals surface area contributed by atoms with Gasteiger partial charge in [-0.1, -0.05) is 75.1 Å². The molecule has 0 aliphatic carbocycles. The van der Waals surface area contributed by atoms with Crippen LogP contribution in [-0.2, 0) is 23.9 Å². The van der Waals surface area contributed by atoms with Crippen molar-refractivity contribution in [3.05, 3.63) is 41.5 Å². The molecule has 0 aromatic heterocycles. The fourth-order valence-electron chi connectivity index (χ4n) is 3.63. The first-order valence-corrected chi connectivity index (χ1v) is 15.8. The summed E-state index contributed by atoms with van der Waals surface area (Å²) in [5.41, 5.74) is 5.73. The molecule has 1 atom stereocenters. The minimum Gasteiger partial charge on any atom is -0.481 e. The monoisotopic (exact) mass is 611 g/mol. The Morgan fingerprint density at radius 3 is 2.08 bits per heavy atom. The molecule has 0 saturated heterocycles. The summed E-state index contributed by atoms with van der Waals surface area (Å²) in [7, 11) is 0. The first-order chi connectivity index (χ1) is 18.6. The van der Waals surface area contributed by atoms with Gasteiger partial charge in [-0.15, -0.1) is 11.8 Å². The van der Waals surface area contributed by atoms with Gasteiger partial charge in [0.2, 0.25) is 0 Å². The Labute approximate surface area is 253 Å². The molecule has 0 aliphatic rings. The Kier molecular flexibility index (Phi) is 15.5. The van der Waals surface area contributed by atoms with Gasteiger partial charge in [-0.25, -0.2) is 4.79 Å². The van der Waals surface area contributed by atoms with Gasteiger partial charge in [0.15, 0.2) is 0 Å². The summed E-state index contributed by atoms with van der Waals surface area (Å²) in [5, 5.41) is 9.73. The molecule has 1 rings (SSSR count). The van der Waals surface area contributed by atoms with Gasteiger partial charge in [-0.2, -0.15) is 0 Å². The predicted molar refractivity (Wildman–Crippen MR) is 170 cm³/mol. The number of aliphatic carboxylic acids is 1. The number of ether oxygens (including phenoxy) is 2. The highest BCUT2D eigenvalue weighted by Crippen LogP contribution is 2.44. The summed E-state index contributed by atoms with van der Waals surface area (Å²) >= 11 is 8.10. The second-order valence-electron chi connectivity index (χ2n) is 11.1. The van der Waals surface area contributed by atoms with Crippen LogP contribution in [0.1, 0.15) is 85.6 Å². The summed E-state index contributed by atoms with van der Waals surface area (Å²) in [6.45, 7) is 11.4. The normalized spacial score (nSPS) is 13.8. The van der Waals surface area contributed by atoms with Crippen molar-refractivity contribution in [3.63, 3.8) is 0 Å². The van der Waals surface area contributed by atoms with E-state index in [0.29, 0.717) is 25.0 Å². The van der Waals surface area contributed by atoms with Gasteiger partial charge in [0.05, 0.1) is 29.9 Å². The molecule has 1 aromatic carbocycles. The van der Waals surface area contributed by atoms with Crippen LogP contribution in [-0.4, -0.2) is 50.4 Å². The molecule has 0 amide bonds. The van der Waals surface area contributed by atoms with E-state index in [1.165, 1.54) is 23.5 Å². The molecule has 0 radical (unpaired) electrons. The van der Waals surface area contributed by atoms with Crippen LogP contribution in [0.15, 0.2) is 35.9 Å². The van der Waals surface area contributed by atoms with E-state index in [2.05, 4.69) is 0 Å². The fourth-order valence-corrected chi connectivity index (χ4v) is 6.52. The maximum absolute atomic E-state index is 13.0. The molecule has 1 unspecified atom stereocenters. The van der Waals surface area contributed by atoms with Gasteiger partial charge in [0, 0.05) is 5.57 Å². The number of unbranched alkanes of at least 4 members (excludes halogenated alkanes) is 3. The molecule has 10 heteroatoms. The van der Waals surface area contributed by atoms with Crippen molar-refractivity contribution in [2.75, 3.05) is 19.0 Å². The molecule has 40 heavy (non-hydrogen) atoms. The van der Waals surface area contributed by atoms with Gasteiger partial charge in [0.25, 0.3) is 0 Å². The van der Waals surface area contributed by atoms with E-state index in [1.54, 1.807) is 26.8 Å². The Balaban J connectivity index is 2.51. The molecule has 0 fully saturated rings. The van der Waals surface area contributed by atoms with Crippen molar-refractivity contribution < 1.29 is 29.0 Å². The summed E-state index contributed by atoms with van der Waals surface area (Å²) < 4.78 is 11.6. The van der Waals surface area contributed by atoms with Crippen molar-refractivity contribution in [3.8, 4) is 0 Å². The van der Waals surface area contributed by atoms with Gasteiger partial charge < -0.3 is 20.3 Å². The minimum atomic E-state index is -1.05.